The average molecular weight is 335 g/mol. The van der Waals surface area contributed by atoms with Crippen LogP contribution in [-0.4, -0.2) is 50.6 Å². The molecule has 1 aliphatic rings. The number of nitrogens with zero attached hydrogens (tertiary/aromatic N) is 1. The smallest absolute Gasteiger partial charge is 0.233 e. The summed E-state index contributed by atoms with van der Waals surface area (Å²) in [7, 11) is 3.22. The van der Waals surface area contributed by atoms with Crippen LogP contribution in [-0.2, 0) is 22.6 Å². The molecule has 2 amide bonds. The quantitative estimate of drug-likeness (QED) is 0.705. The molecule has 7 heteroatoms. The summed E-state index contributed by atoms with van der Waals surface area (Å²) in [4.78, 5) is 25.2. The highest BCUT2D eigenvalue weighted by molar-refractivity contribution is 5.78. The molecule has 0 atom stereocenters. The summed E-state index contributed by atoms with van der Waals surface area (Å²) in [6.45, 7) is 1.71. The highest BCUT2D eigenvalue weighted by Gasteiger charge is 2.22. The second-order valence-corrected chi connectivity index (χ2v) is 5.70. The summed E-state index contributed by atoms with van der Waals surface area (Å²) in [6.07, 6.45) is 1.82. The fourth-order valence-electron chi connectivity index (χ4n) is 2.79. The lowest BCUT2D eigenvalue weighted by molar-refractivity contribution is -0.132. The molecule has 0 spiro atoms. The normalized spacial score (nSPS) is 13.2. The number of benzene rings is 1. The van der Waals surface area contributed by atoms with Gasteiger partial charge >= 0.3 is 0 Å². The van der Waals surface area contributed by atoms with Gasteiger partial charge in [0.25, 0.3) is 0 Å². The van der Waals surface area contributed by atoms with E-state index in [2.05, 4.69) is 5.32 Å². The minimum Gasteiger partial charge on any atom is -0.493 e. The van der Waals surface area contributed by atoms with E-state index >= 15 is 0 Å². The minimum absolute atomic E-state index is 0.0256. The zero-order valence-electron chi connectivity index (χ0n) is 14.3. The Morgan fingerprint density at radius 2 is 1.88 bits per heavy atom. The topological polar surface area (TPSA) is 93.9 Å². The van der Waals surface area contributed by atoms with Crippen LogP contribution in [0.2, 0.25) is 0 Å². The summed E-state index contributed by atoms with van der Waals surface area (Å²) < 4.78 is 10.7. The number of carbonyl (C=O) groups excluding carboxylic acids is 2. The Morgan fingerprint density at radius 1 is 1.21 bits per heavy atom. The van der Waals surface area contributed by atoms with Crippen molar-refractivity contribution < 1.29 is 19.1 Å². The van der Waals surface area contributed by atoms with Crippen molar-refractivity contribution in [1.29, 1.82) is 0 Å². The van der Waals surface area contributed by atoms with Gasteiger partial charge in [-0.05, 0) is 36.1 Å². The van der Waals surface area contributed by atoms with Crippen LogP contribution in [0.1, 0.15) is 24.0 Å². The number of amides is 2. The van der Waals surface area contributed by atoms with Gasteiger partial charge in [0, 0.05) is 26.1 Å². The van der Waals surface area contributed by atoms with Gasteiger partial charge in [0.2, 0.25) is 11.8 Å². The van der Waals surface area contributed by atoms with Crippen LogP contribution in [0.4, 0.5) is 0 Å². The van der Waals surface area contributed by atoms with Gasteiger partial charge in [-0.1, -0.05) is 0 Å². The Kier molecular flexibility index (Phi) is 6.43. The van der Waals surface area contributed by atoms with Crippen LogP contribution in [0.5, 0.6) is 11.5 Å². The Morgan fingerprint density at radius 3 is 2.50 bits per heavy atom. The van der Waals surface area contributed by atoms with Crippen molar-refractivity contribution in [3.63, 3.8) is 0 Å². The summed E-state index contributed by atoms with van der Waals surface area (Å²) in [5.41, 5.74) is 7.49. The van der Waals surface area contributed by atoms with Crippen LogP contribution < -0.4 is 20.5 Å². The van der Waals surface area contributed by atoms with Crippen molar-refractivity contribution in [1.82, 2.24) is 10.2 Å². The van der Waals surface area contributed by atoms with Crippen LogP contribution in [0, 0.1) is 0 Å². The fraction of sp³-hybridized carbons (Fsp3) is 0.529. The summed E-state index contributed by atoms with van der Waals surface area (Å²) in [5.74, 6) is 1.29. The molecule has 0 saturated heterocycles. The van der Waals surface area contributed by atoms with Crippen molar-refractivity contribution in [2.45, 2.75) is 25.8 Å². The number of fused-ring (bicyclic) bond motifs is 1. The van der Waals surface area contributed by atoms with Gasteiger partial charge in [0.05, 0.1) is 20.8 Å². The van der Waals surface area contributed by atoms with Gasteiger partial charge in [-0.15, -0.1) is 0 Å². The second-order valence-electron chi connectivity index (χ2n) is 5.70. The van der Waals surface area contributed by atoms with Crippen molar-refractivity contribution in [3.05, 3.63) is 23.3 Å². The first kappa shape index (κ1) is 18.1. The largest absolute Gasteiger partial charge is 0.493 e. The molecule has 1 aromatic rings. The molecule has 0 fully saturated rings. The molecular formula is C17H25N3O4. The average Bonchev–Trinajstić information content (AvgIpc) is 2.62. The Balaban J connectivity index is 1.91. The molecule has 0 unspecified atom stereocenters. The molecular weight excluding hydrogens is 310 g/mol. The molecule has 2 rings (SSSR count). The number of methoxy groups -OCH3 is 2. The highest BCUT2D eigenvalue weighted by atomic mass is 16.5. The van der Waals surface area contributed by atoms with E-state index < -0.39 is 0 Å². The standard InChI is InChI=1S/C17H25N3O4/c1-23-14-8-12-5-7-20(11-13(12)9-15(14)24-2)17(22)4-3-6-19-16(21)10-18/h8-9H,3-7,10-11,18H2,1-2H3,(H,19,21). The van der Waals surface area contributed by atoms with Crippen LogP contribution >= 0.6 is 0 Å². The first-order chi connectivity index (χ1) is 11.6. The van der Waals surface area contributed by atoms with Crippen LogP contribution in [0.3, 0.4) is 0 Å². The lowest BCUT2D eigenvalue weighted by Gasteiger charge is -2.29. The Labute approximate surface area is 142 Å². The van der Waals surface area contributed by atoms with E-state index in [1.54, 1.807) is 14.2 Å². The molecule has 0 saturated carbocycles. The fourth-order valence-corrected chi connectivity index (χ4v) is 2.79. The lowest BCUT2D eigenvalue weighted by Crippen LogP contribution is -2.36. The Bertz CT molecular complexity index is 604. The first-order valence-corrected chi connectivity index (χ1v) is 8.07. The van der Waals surface area contributed by atoms with E-state index in [4.69, 9.17) is 15.2 Å². The predicted octanol–water partition coefficient (Wildman–Crippen LogP) is 0.444. The van der Waals surface area contributed by atoms with Gasteiger partial charge in [0.1, 0.15) is 0 Å². The SMILES string of the molecule is COc1cc2c(cc1OC)CN(C(=O)CCCNC(=O)CN)CC2. The highest BCUT2D eigenvalue weighted by Crippen LogP contribution is 2.33. The number of hydrogen-bond donors (Lipinski definition) is 2. The molecule has 0 bridgehead atoms. The van der Waals surface area contributed by atoms with Crippen LogP contribution in [0.15, 0.2) is 12.1 Å². The van der Waals surface area contributed by atoms with Gasteiger partial charge in [0.15, 0.2) is 11.5 Å². The van der Waals surface area contributed by atoms with Gasteiger partial charge < -0.3 is 25.4 Å². The maximum atomic E-state index is 12.3. The molecule has 132 valence electrons. The molecule has 0 aromatic heterocycles. The number of ether oxygens (including phenoxy) is 2. The molecule has 1 aromatic carbocycles. The number of hydrogen-bond acceptors (Lipinski definition) is 5. The second kappa shape index (κ2) is 8.54. The zero-order valence-corrected chi connectivity index (χ0v) is 14.3. The molecule has 0 radical (unpaired) electrons. The molecule has 3 N–H and O–H groups in total. The van der Waals surface area contributed by atoms with Crippen molar-refractivity contribution >= 4 is 11.8 Å². The molecule has 1 heterocycles. The molecule has 0 aliphatic carbocycles. The molecule has 7 nitrogen and oxygen atoms in total. The molecule has 24 heavy (non-hydrogen) atoms. The number of rotatable bonds is 7. The van der Waals surface area contributed by atoms with E-state index in [1.165, 1.54) is 5.56 Å². The minimum atomic E-state index is -0.199. The monoisotopic (exact) mass is 335 g/mol. The Hall–Kier alpha value is -2.28. The van der Waals surface area contributed by atoms with E-state index in [-0.39, 0.29) is 18.4 Å². The third-order valence-electron chi connectivity index (χ3n) is 4.15. The summed E-state index contributed by atoms with van der Waals surface area (Å²) in [6, 6.07) is 3.92. The maximum Gasteiger partial charge on any atom is 0.233 e. The van der Waals surface area contributed by atoms with E-state index in [1.807, 2.05) is 17.0 Å². The predicted molar refractivity (Wildman–Crippen MR) is 90.0 cm³/mol. The van der Waals surface area contributed by atoms with Gasteiger partial charge in [-0.2, -0.15) is 0 Å². The van der Waals surface area contributed by atoms with Crippen molar-refractivity contribution in [2.75, 3.05) is 33.9 Å². The lowest BCUT2D eigenvalue weighted by atomic mass is 9.98. The number of nitrogens with two attached hydrogens (primary N) is 1. The summed E-state index contributed by atoms with van der Waals surface area (Å²) >= 11 is 0. The molecule has 1 aliphatic heterocycles. The number of carbonyl (C=O) groups is 2. The van der Waals surface area contributed by atoms with E-state index in [9.17, 15) is 9.59 Å². The third-order valence-corrected chi connectivity index (χ3v) is 4.15. The van der Waals surface area contributed by atoms with Crippen molar-refractivity contribution in [2.24, 2.45) is 5.73 Å². The zero-order chi connectivity index (χ0) is 17.5. The van der Waals surface area contributed by atoms with E-state index in [0.717, 1.165) is 12.0 Å². The number of nitrogens with one attached hydrogen (secondary N) is 1. The van der Waals surface area contributed by atoms with E-state index in [0.29, 0.717) is 44.0 Å². The first-order valence-electron chi connectivity index (χ1n) is 8.07. The van der Waals surface area contributed by atoms with Crippen molar-refractivity contribution in [3.8, 4) is 11.5 Å². The third kappa shape index (κ3) is 4.38. The summed E-state index contributed by atoms with van der Waals surface area (Å²) in [5, 5.41) is 2.67. The van der Waals surface area contributed by atoms with Gasteiger partial charge in [-0.25, -0.2) is 0 Å². The van der Waals surface area contributed by atoms with Gasteiger partial charge in [-0.3, -0.25) is 9.59 Å². The van der Waals surface area contributed by atoms with Crippen LogP contribution in [0.25, 0.3) is 0 Å². The maximum absolute atomic E-state index is 12.3.